The molecule has 1 aromatic heterocycles. The molecular formula is C15H20N2O. The maximum Gasteiger partial charge on any atom is 0.181 e. The Hall–Kier alpha value is -1.61. The predicted molar refractivity (Wildman–Crippen MR) is 73.4 cm³/mol. The van der Waals surface area contributed by atoms with Crippen molar-refractivity contribution in [3.8, 4) is 11.3 Å². The molecule has 0 aliphatic rings. The highest BCUT2D eigenvalue weighted by Gasteiger charge is 2.13. The Morgan fingerprint density at radius 3 is 2.78 bits per heavy atom. The minimum absolute atomic E-state index is 0.438. The Morgan fingerprint density at radius 1 is 1.28 bits per heavy atom. The van der Waals surface area contributed by atoms with Crippen molar-refractivity contribution in [2.24, 2.45) is 0 Å². The highest BCUT2D eigenvalue weighted by atomic mass is 16.3. The van der Waals surface area contributed by atoms with Gasteiger partial charge in [-0.25, -0.2) is 4.98 Å². The highest BCUT2D eigenvalue weighted by Crippen LogP contribution is 2.28. The highest BCUT2D eigenvalue weighted by molar-refractivity contribution is 5.65. The molecule has 0 unspecified atom stereocenters. The molecule has 0 radical (unpaired) electrons. The smallest absolute Gasteiger partial charge is 0.181 e. The Bertz CT molecular complexity index is 529. The summed E-state index contributed by atoms with van der Waals surface area (Å²) in [7, 11) is 0. The molecular weight excluding hydrogens is 224 g/mol. The molecule has 0 aliphatic carbocycles. The number of aromatic nitrogens is 1. The minimum atomic E-state index is 0.438. The molecule has 1 heterocycles. The van der Waals surface area contributed by atoms with Gasteiger partial charge in [0.2, 0.25) is 0 Å². The quantitative estimate of drug-likeness (QED) is 0.895. The van der Waals surface area contributed by atoms with Gasteiger partial charge >= 0.3 is 0 Å². The first-order valence-corrected chi connectivity index (χ1v) is 6.32. The number of benzene rings is 1. The molecule has 96 valence electrons. The fourth-order valence-electron chi connectivity index (χ4n) is 1.91. The maximum atomic E-state index is 5.57. The molecule has 1 aromatic carbocycles. The molecule has 0 atom stereocenters. The van der Waals surface area contributed by atoms with E-state index in [-0.39, 0.29) is 0 Å². The van der Waals surface area contributed by atoms with Crippen LogP contribution < -0.4 is 5.32 Å². The van der Waals surface area contributed by atoms with Gasteiger partial charge in [-0.15, -0.1) is 0 Å². The Labute approximate surface area is 108 Å². The van der Waals surface area contributed by atoms with Crippen LogP contribution in [-0.2, 0) is 6.54 Å². The average molecular weight is 244 g/mol. The molecule has 0 saturated heterocycles. The summed E-state index contributed by atoms with van der Waals surface area (Å²) in [5, 5.41) is 3.37. The third-order valence-corrected chi connectivity index (χ3v) is 3.17. The molecule has 0 fully saturated rings. The number of aryl methyl sites for hydroxylation is 1. The lowest BCUT2D eigenvalue weighted by Gasteiger charge is -2.09. The lowest BCUT2D eigenvalue weighted by atomic mass is 10.0. The van der Waals surface area contributed by atoms with Crippen molar-refractivity contribution in [2.45, 2.75) is 40.3 Å². The number of rotatable bonds is 4. The van der Waals surface area contributed by atoms with Crippen LogP contribution >= 0.6 is 0 Å². The molecule has 0 spiro atoms. The number of oxazole rings is 1. The summed E-state index contributed by atoms with van der Waals surface area (Å²) in [5.41, 5.74) is 4.62. The maximum absolute atomic E-state index is 5.57. The van der Waals surface area contributed by atoms with E-state index in [9.17, 15) is 0 Å². The molecule has 0 bridgehead atoms. The van der Waals surface area contributed by atoms with Gasteiger partial charge in [-0.1, -0.05) is 32.0 Å². The standard InChI is InChI=1S/C15H20N2O/c1-10(2)16-8-14-15(18-9-17-14)13-7-5-6-11(3)12(13)4/h5-7,9-10,16H,8H2,1-4H3. The van der Waals surface area contributed by atoms with Crippen molar-refractivity contribution in [1.82, 2.24) is 10.3 Å². The van der Waals surface area contributed by atoms with Gasteiger partial charge in [0, 0.05) is 18.2 Å². The summed E-state index contributed by atoms with van der Waals surface area (Å²) in [6, 6.07) is 6.69. The van der Waals surface area contributed by atoms with Crippen LogP contribution in [0.15, 0.2) is 29.0 Å². The summed E-state index contributed by atoms with van der Waals surface area (Å²) < 4.78 is 5.57. The van der Waals surface area contributed by atoms with Crippen LogP contribution in [0.3, 0.4) is 0 Å². The lowest BCUT2D eigenvalue weighted by Crippen LogP contribution is -2.22. The first kappa shape index (κ1) is 12.8. The number of nitrogens with zero attached hydrogens (tertiary/aromatic N) is 1. The van der Waals surface area contributed by atoms with E-state index < -0.39 is 0 Å². The predicted octanol–water partition coefficient (Wildman–Crippen LogP) is 3.46. The van der Waals surface area contributed by atoms with Crippen molar-refractivity contribution in [1.29, 1.82) is 0 Å². The van der Waals surface area contributed by atoms with Crippen molar-refractivity contribution < 1.29 is 4.42 Å². The molecule has 3 nitrogen and oxygen atoms in total. The van der Waals surface area contributed by atoms with E-state index >= 15 is 0 Å². The number of hydrogen-bond donors (Lipinski definition) is 1. The van der Waals surface area contributed by atoms with Crippen LogP contribution in [0, 0.1) is 13.8 Å². The van der Waals surface area contributed by atoms with Crippen molar-refractivity contribution in [3.05, 3.63) is 41.4 Å². The van der Waals surface area contributed by atoms with Crippen molar-refractivity contribution >= 4 is 0 Å². The zero-order valence-electron chi connectivity index (χ0n) is 11.4. The molecule has 2 rings (SSSR count). The van der Waals surface area contributed by atoms with Gasteiger partial charge in [0.15, 0.2) is 12.2 Å². The fourth-order valence-corrected chi connectivity index (χ4v) is 1.91. The average Bonchev–Trinajstić information content (AvgIpc) is 2.78. The van der Waals surface area contributed by atoms with E-state index in [0.717, 1.165) is 23.6 Å². The summed E-state index contributed by atoms with van der Waals surface area (Å²) in [5.74, 6) is 0.879. The van der Waals surface area contributed by atoms with Gasteiger partial charge in [-0.2, -0.15) is 0 Å². The molecule has 0 amide bonds. The van der Waals surface area contributed by atoms with E-state index in [1.807, 2.05) is 0 Å². The number of nitrogens with one attached hydrogen (secondary N) is 1. The summed E-state index contributed by atoms with van der Waals surface area (Å²) in [4.78, 5) is 4.31. The summed E-state index contributed by atoms with van der Waals surface area (Å²) in [6.45, 7) is 9.21. The van der Waals surface area contributed by atoms with Crippen molar-refractivity contribution in [3.63, 3.8) is 0 Å². The van der Waals surface area contributed by atoms with Gasteiger partial charge in [-0.3, -0.25) is 0 Å². The SMILES string of the molecule is Cc1cccc(-c2ocnc2CNC(C)C)c1C. The van der Waals surface area contributed by atoms with Crippen LogP contribution in [0.5, 0.6) is 0 Å². The molecule has 2 aromatic rings. The van der Waals surface area contributed by atoms with Gasteiger partial charge in [0.05, 0.1) is 0 Å². The topological polar surface area (TPSA) is 38.1 Å². The second-order valence-corrected chi connectivity index (χ2v) is 4.91. The largest absolute Gasteiger partial charge is 0.443 e. The minimum Gasteiger partial charge on any atom is -0.443 e. The first-order chi connectivity index (χ1) is 8.59. The molecule has 3 heteroatoms. The Morgan fingerprint density at radius 2 is 2.06 bits per heavy atom. The molecule has 0 aliphatic heterocycles. The van der Waals surface area contributed by atoms with E-state index in [1.165, 1.54) is 17.5 Å². The van der Waals surface area contributed by atoms with Crippen LogP contribution in [0.25, 0.3) is 11.3 Å². The third-order valence-electron chi connectivity index (χ3n) is 3.17. The third kappa shape index (κ3) is 2.62. The zero-order valence-corrected chi connectivity index (χ0v) is 11.4. The molecule has 0 saturated carbocycles. The molecule has 18 heavy (non-hydrogen) atoms. The monoisotopic (exact) mass is 244 g/mol. The second kappa shape index (κ2) is 5.36. The van der Waals surface area contributed by atoms with Gasteiger partial charge in [-0.05, 0) is 25.0 Å². The van der Waals surface area contributed by atoms with Crippen molar-refractivity contribution in [2.75, 3.05) is 0 Å². The Kier molecular flexibility index (Phi) is 3.82. The van der Waals surface area contributed by atoms with Crippen LogP contribution in [0.2, 0.25) is 0 Å². The van der Waals surface area contributed by atoms with Crippen LogP contribution in [0.4, 0.5) is 0 Å². The zero-order chi connectivity index (χ0) is 13.1. The van der Waals surface area contributed by atoms with E-state index in [1.54, 1.807) is 0 Å². The van der Waals surface area contributed by atoms with E-state index in [0.29, 0.717) is 6.04 Å². The van der Waals surface area contributed by atoms with Gasteiger partial charge in [0.25, 0.3) is 0 Å². The van der Waals surface area contributed by atoms with Gasteiger partial charge < -0.3 is 9.73 Å². The Balaban J connectivity index is 2.33. The lowest BCUT2D eigenvalue weighted by molar-refractivity contribution is 0.562. The van der Waals surface area contributed by atoms with Crippen LogP contribution in [0.1, 0.15) is 30.7 Å². The van der Waals surface area contributed by atoms with Crippen LogP contribution in [-0.4, -0.2) is 11.0 Å². The molecule has 1 N–H and O–H groups in total. The normalized spacial score (nSPS) is 11.2. The first-order valence-electron chi connectivity index (χ1n) is 6.32. The summed E-state index contributed by atoms with van der Waals surface area (Å²) in [6.07, 6.45) is 1.52. The van der Waals surface area contributed by atoms with E-state index in [2.05, 4.69) is 56.2 Å². The fraction of sp³-hybridized carbons (Fsp3) is 0.400. The summed E-state index contributed by atoms with van der Waals surface area (Å²) >= 11 is 0. The number of hydrogen-bond acceptors (Lipinski definition) is 3. The second-order valence-electron chi connectivity index (χ2n) is 4.91. The van der Waals surface area contributed by atoms with Gasteiger partial charge in [0.1, 0.15) is 5.69 Å². The van der Waals surface area contributed by atoms with E-state index in [4.69, 9.17) is 4.42 Å².